The van der Waals surface area contributed by atoms with Gasteiger partial charge < -0.3 is 10.1 Å². The van der Waals surface area contributed by atoms with E-state index in [4.69, 9.17) is 4.74 Å². The van der Waals surface area contributed by atoms with E-state index in [0.29, 0.717) is 36.6 Å². The number of amides is 1. The molecular formula is C21H23N3O4S2. The molecule has 30 heavy (non-hydrogen) atoms. The Morgan fingerprint density at radius 2 is 1.93 bits per heavy atom. The van der Waals surface area contributed by atoms with Gasteiger partial charge in [-0.25, -0.2) is 13.4 Å². The van der Waals surface area contributed by atoms with Crippen LogP contribution in [0.5, 0.6) is 5.75 Å². The number of aryl methyl sites for hydroxylation is 1. The summed E-state index contributed by atoms with van der Waals surface area (Å²) in [5, 5.41) is 5.79. The van der Waals surface area contributed by atoms with E-state index in [1.54, 1.807) is 41.7 Å². The van der Waals surface area contributed by atoms with Gasteiger partial charge in [-0.15, -0.1) is 11.3 Å². The third kappa shape index (κ3) is 5.80. The molecule has 3 rings (SSSR count). The first-order valence-electron chi connectivity index (χ1n) is 9.42. The summed E-state index contributed by atoms with van der Waals surface area (Å²) in [7, 11) is -3.78. The Morgan fingerprint density at radius 1 is 1.17 bits per heavy atom. The standard InChI is InChI=1S/C21H23N3O4S2/c1-3-28-19-7-9-20(10-8-19)30(26,27)24-17-6-4-5-16(13-17)21(25)22-12-11-18-14-29-15(2)23-18/h4-10,13-14,24H,3,11-12H2,1-2H3,(H,22,25). The first kappa shape index (κ1) is 21.8. The zero-order valence-corrected chi connectivity index (χ0v) is 18.3. The summed E-state index contributed by atoms with van der Waals surface area (Å²) in [5.41, 5.74) is 1.62. The molecule has 2 aromatic carbocycles. The van der Waals surface area contributed by atoms with Gasteiger partial charge in [-0.3, -0.25) is 9.52 Å². The van der Waals surface area contributed by atoms with Crippen LogP contribution >= 0.6 is 11.3 Å². The van der Waals surface area contributed by atoms with Crippen LogP contribution in [0.15, 0.2) is 58.8 Å². The fourth-order valence-electron chi connectivity index (χ4n) is 2.75. The van der Waals surface area contributed by atoms with E-state index in [2.05, 4.69) is 15.0 Å². The molecule has 0 aliphatic carbocycles. The van der Waals surface area contributed by atoms with Crippen LogP contribution in [0.3, 0.4) is 0 Å². The molecule has 7 nitrogen and oxygen atoms in total. The molecule has 0 aliphatic rings. The number of carbonyl (C=O) groups is 1. The Morgan fingerprint density at radius 3 is 2.60 bits per heavy atom. The van der Waals surface area contributed by atoms with Gasteiger partial charge >= 0.3 is 0 Å². The molecule has 0 spiro atoms. The highest BCUT2D eigenvalue weighted by atomic mass is 32.2. The fourth-order valence-corrected chi connectivity index (χ4v) is 4.45. The van der Waals surface area contributed by atoms with E-state index in [-0.39, 0.29) is 10.8 Å². The van der Waals surface area contributed by atoms with Gasteiger partial charge in [-0.2, -0.15) is 0 Å². The molecule has 0 saturated carbocycles. The van der Waals surface area contributed by atoms with E-state index in [9.17, 15) is 13.2 Å². The number of hydrogen-bond acceptors (Lipinski definition) is 6. The van der Waals surface area contributed by atoms with E-state index in [1.165, 1.54) is 18.2 Å². The number of benzene rings is 2. The maximum absolute atomic E-state index is 12.6. The fraction of sp³-hybridized carbons (Fsp3) is 0.238. The molecular weight excluding hydrogens is 422 g/mol. The van der Waals surface area contributed by atoms with Crippen molar-refractivity contribution >= 4 is 33.0 Å². The average Bonchev–Trinajstić information content (AvgIpc) is 3.13. The molecule has 0 aliphatic heterocycles. The lowest BCUT2D eigenvalue weighted by Crippen LogP contribution is -2.26. The first-order valence-corrected chi connectivity index (χ1v) is 11.8. The van der Waals surface area contributed by atoms with Crippen LogP contribution < -0.4 is 14.8 Å². The second kappa shape index (κ2) is 9.73. The molecule has 0 atom stereocenters. The van der Waals surface area contributed by atoms with Crippen LogP contribution in [0.1, 0.15) is 28.0 Å². The highest BCUT2D eigenvalue weighted by Gasteiger charge is 2.15. The minimum Gasteiger partial charge on any atom is -0.494 e. The molecule has 9 heteroatoms. The Hall–Kier alpha value is -2.91. The molecule has 0 unspecified atom stereocenters. The molecule has 1 amide bonds. The van der Waals surface area contributed by atoms with Crippen LogP contribution in [0.25, 0.3) is 0 Å². The maximum atomic E-state index is 12.6. The van der Waals surface area contributed by atoms with Gasteiger partial charge in [-0.05, 0) is 56.3 Å². The molecule has 2 N–H and O–H groups in total. The number of anilines is 1. The lowest BCUT2D eigenvalue weighted by atomic mass is 10.2. The summed E-state index contributed by atoms with van der Waals surface area (Å²) >= 11 is 1.57. The van der Waals surface area contributed by atoms with E-state index < -0.39 is 10.0 Å². The maximum Gasteiger partial charge on any atom is 0.261 e. The van der Waals surface area contributed by atoms with Crippen molar-refractivity contribution in [3.8, 4) is 5.75 Å². The third-order valence-electron chi connectivity index (χ3n) is 4.16. The number of nitrogens with zero attached hydrogens (tertiary/aromatic N) is 1. The van der Waals surface area contributed by atoms with Crippen LogP contribution in [-0.4, -0.2) is 32.5 Å². The van der Waals surface area contributed by atoms with Gasteiger partial charge in [0.2, 0.25) is 0 Å². The highest BCUT2D eigenvalue weighted by Crippen LogP contribution is 2.20. The van der Waals surface area contributed by atoms with E-state index in [0.717, 1.165) is 10.7 Å². The minimum absolute atomic E-state index is 0.111. The number of carbonyl (C=O) groups excluding carboxylic acids is 1. The summed E-state index contributed by atoms with van der Waals surface area (Å²) < 4.78 is 33.1. The number of hydrogen-bond donors (Lipinski definition) is 2. The summed E-state index contributed by atoms with van der Waals surface area (Å²) in [5.74, 6) is 0.326. The normalized spacial score (nSPS) is 11.1. The predicted molar refractivity (Wildman–Crippen MR) is 118 cm³/mol. The van der Waals surface area contributed by atoms with Crippen molar-refractivity contribution in [1.82, 2.24) is 10.3 Å². The van der Waals surface area contributed by atoms with Gasteiger partial charge in [-0.1, -0.05) is 6.07 Å². The molecule has 0 bridgehead atoms. The van der Waals surface area contributed by atoms with Crippen molar-refractivity contribution in [2.45, 2.75) is 25.2 Å². The molecule has 0 saturated heterocycles. The predicted octanol–water partition coefficient (Wildman–Crippen LogP) is 3.62. The molecule has 0 radical (unpaired) electrons. The van der Waals surface area contributed by atoms with Crippen LogP contribution in [0.4, 0.5) is 5.69 Å². The van der Waals surface area contributed by atoms with Crippen molar-refractivity contribution < 1.29 is 17.9 Å². The monoisotopic (exact) mass is 445 g/mol. The van der Waals surface area contributed by atoms with Crippen LogP contribution in [0, 0.1) is 6.92 Å². The summed E-state index contributed by atoms with van der Waals surface area (Å²) in [6.07, 6.45) is 0.639. The summed E-state index contributed by atoms with van der Waals surface area (Å²) in [4.78, 5) is 16.9. The zero-order chi connectivity index (χ0) is 21.6. The van der Waals surface area contributed by atoms with Gasteiger partial charge in [0, 0.05) is 29.6 Å². The molecule has 0 fully saturated rings. The van der Waals surface area contributed by atoms with Crippen molar-refractivity contribution in [1.29, 1.82) is 0 Å². The zero-order valence-electron chi connectivity index (χ0n) is 16.7. The van der Waals surface area contributed by atoms with Crippen molar-refractivity contribution in [2.24, 2.45) is 0 Å². The SMILES string of the molecule is CCOc1ccc(S(=O)(=O)Nc2cccc(C(=O)NCCc3csc(C)n3)c2)cc1. The van der Waals surface area contributed by atoms with Crippen LogP contribution in [-0.2, 0) is 16.4 Å². The Kier molecular flexibility index (Phi) is 7.07. The van der Waals surface area contributed by atoms with Crippen LogP contribution in [0.2, 0.25) is 0 Å². The highest BCUT2D eigenvalue weighted by molar-refractivity contribution is 7.92. The summed E-state index contributed by atoms with van der Waals surface area (Å²) in [6, 6.07) is 12.5. The number of nitrogens with one attached hydrogen (secondary N) is 2. The van der Waals surface area contributed by atoms with Gasteiger partial charge in [0.05, 0.1) is 22.2 Å². The lowest BCUT2D eigenvalue weighted by molar-refractivity contribution is 0.0954. The third-order valence-corrected chi connectivity index (χ3v) is 6.37. The molecule has 158 valence electrons. The largest absolute Gasteiger partial charge is 0.494 e. The Balaban J connectivity index is 1.63. The summed E-state index contributed by atoms with van der Waals surface area (Å²) in [6.45, 7) is 4.74. The number of ether oxygens (including phenoxy) is 1. The van der Waals surface area contributed by atoms with Crippen molar-refractivity contribution in [3.63, 3.8) is 0 Å². The first-order chi connectivity index (χ1) is 14.4. The quantitative estimate of drug-likeness (QED) is 0.524. The molecule has 1 aromatic heterocycles. The topological polar surface area (TPSA) is 97.4 Å². The van der Waals surface area contributed by atoms with Gasteiger partial charge in [0.25, 0.3) is 15.9 Å². The van der Waals surface area contributed by atoms with Crippen molar-refractivity contribution in [2.75, 3.05) is 17.9 Å². The van der Waals surface area contributed by atoms with E-state index in [1.807, 2.05) is 19.2 Å². The lowest BCUT2D eigenvalue weighted by Gasteiger charge is -2.10. The van der Waals surface area contributed by atoms with Gasteiger partial charge in [0.1, 0.15) is 5.75 Å². The smallest absolute Gasteiger partial charge is 0.261 e. The Bertz CT molecular complexity index is 1110. The number of thiazole rings is 1. The second-order valence-corrected chi connectivity index (χ2v) is 9.20. The van der Waals surface area contributed by atoms with E-state index >= 15 is 0 Å². The number of aromatic nitrogens is 1. The minimum atomic E-state index is -3.78. The molecule has 1 heterocycles. The second-order valence-electron chi connectivity index (χ2n) is 6.45. The average molecular weight is 446 g/mol. The van der Waals surface area contributed by atoms with Gasteiger partial charge in [0.15, 0.2) is 0 Å². The Labute approximate surface area is 180 Å². The van der Waals surface area contributed by atoms with Crippen molar-refractivity contribution in [3.05, 3.63) is 70.2 Å². The molecule has 3 aromatic rings. The number of rotatable bonds is 9. The number of sulfonamides is 1.